The van der Waals surface area contributed by atoms with E-state index in [1.54, 1.807) is 7.05 Å². The molecular weight excluding hydrogens is 240 g/mol. The number of ketones is 1. The normalized spacial score (nSPS) is 22.9. The van der Waals surface area contributed by atoms with E-state index in [2.05, 4.69) is 5.10 Å². The number of rotatable bonds is 3. The number of nitrogens with two attached hydrogens (primary N) is 1. The second-order valence-corrected chi connectivity index (χ2v) is 5.01. The zero-order valence-corrected chi connectivity index (χ0v) is 10.3. The minimum absolute atomic E-state index is 0.0628. The standard InChI is InChI=1S/C12H17F2N3O/c1-17-11(15)9(7-16-17)10(18)5-8-3-2-4-12(13,14)6-8/h7-8H,2-6,15H2,1H3. The van der Waals surface area contributed by atoms with Crippen molar-refractivity contribution < 1.29 is 13.6 Å². The molecule has 2 rings (SSSR count). The largest absolute Gasteiger partial charge is 0.383 e. The Labute approximate surface area is 104 Å². The van der Waals surface area contributed by atoms with Gasteiger partial charge in [-0.05, 0) is 18.8 Å². The van der Waals surface area contributed by atoms with Crippen LogP contribution in [0.3, 0.4) is 0 Å². The summed E-state index contributed by atoms with van der Waals surface area (Å²) >= 11 is 0. The molecule has 0 spiro atoms. The van der Waals surface area contributed by atoms with Crippen LogP contribution < -0.4 is 5.73 Å². The van der Waals surface area contributed by atoms with E-state index in [0.29, 0.717) is 24.2 Å². The van der Waals surface area contributed by atoms with E-state index in [9.17, 15) is 13.6 Å². The van der Waals surface area contributed by atoms with Crippen molar-refractivity contribution in [2.24, 2.45) is 13.0 Å². The first kappa shape index (κ1) is 13.0. The highest BCUT2D eigenvalue weighted by atomic mass is 19.3. The van der Waals surface area contributed by atoms with Gasteiger partial charge in [0.1, 0.15) is 5.82 Å². The fourth-order valence-corrected chi connectivity index (χ4v) is 2.48. The summed E-state index contributed by atoms with van der Waals surface area (Å²) < 4.78 is 27.9. The fraction of sp³-hybridized carbons (Fsp3) is 0.667. The molecule has 1 aliphatic rings. The van der Waals surface area contributed by atoms with E-state index in [4.69, 9.17) is 5.73 Å². The van der Waals surface area contributed by atoms with Gasteiger partial charge >= 0.3 is 0 Å². The van der Waals surface area contributed by atoms with Gasteiger partial charge in [0.25, 0.3) is 0 Å². The smallest absolute Gasteiger partial charge is 0.248 e. The van der Waals surface area contributed by atoms with Crippen molar-refractivity contribution in [2.75, 3.05) is 5.73 Å². The van der Waals surface area contributed by atoms with Crippen molar-refractivity contribution in [3.8, 4) is 0 Å². The highest BCUT2D eigenvalue weighted by molar-refractivity contribution is 6.00. The van der Waals surface area contributed by atoms with Gasteiger partial charge in [-0.3, -0.25) is 9.48 Å². The number of nitrogens with zero attached hydrogens (tertiary/aromatic N) is 2. The summed E-state index contributed by atoms with van der Waals surface area (Å²) in [4.78, 5) is 12.0. The number of aryl methyl sites for hydroxylation is 1. The fourth-order valence-electron chi connectivity index (χ4n) is 2.48. The molecule has 0 saturated heterocycles. The van der Waals surface area contributed by atoms with E-state index in [0.717, 1.165) is 0 Å². The van der Waals surface area contributed by atoms with Gasteiger partial charge in [0.15, 0.2) is 5.78 Å². The molecule has 100 valence electrons. The Morgan fingerprint density at radius 1 is 1.67 bits per heavy atom. The predicted molar refractivity (Wildman–Crippen MR) is 63.5 cm³/mol. The summed E-state index contributed by atoms with van der Waals surface area (Å²) in [5, 5.41) is 3.88. The molecule has 1 atom stereocenters. The van der Waals surface area contributed by atoms with E-state index >= 15 is 0 Å². The zero-order chi connectivity index (χ0) is 13.3. The molecule has 0 bridgehead atoms. The lowest BCUT2D eigenvalue weighted by Gasteiger charge is -2.28. The van der Waals surface area contributed by atoms with Crippen LogP contribution in [0.1, 0.15) is 42.5 Å². The van der Waals surface area contributed by atoms with Gasteiger partial charge in [0.2, 0.25) is 5.92 Å². The molecule has 1 aliphatic carbocycles. The van der Waals surface area contributed by atoms with Gasteiger partial charge in [-0.2, -0.15) is 5.10 Å². The molecule has 1 heterocycles. The number of carbonyl (C=O) groups is 1. The van der Waals surface area contributed by atoms with Crippen LogP contribution >= 0.6 is 0 Å². The Morgan fingerprint density at radius 3 is 2.94 bits per heavy atom. The molecule has 2 N–H and O–H groups in total. The highest BCUT2D eigenvalue weighted by Gasteiger charge is 2.37. The summed E-state index contributed by atoms with van der Waals surface area (Å²) in [6, 6.07) is 0. The minimum Gasteiger partial charge on any atom is -0.383 e. The number of hydrogen-bond acceptors (Lipinski definition) is 3. The molecule has 0 aliphatic heterocycles. The second kappa shape index (κ2) is 4.66. The van der Waals surface area contributed by atoms with Crippen molar-refractivity contribution in [3.05, 3.63) is 11.8 Å². The molecule has 1 aromatic rings. The molecule has 0 amide bonds. The monoisotopic (exact) mass is 257 g/mol. The molecule has 0 radical (unpaired) electrons. The van der Waals surface area contributed by atoms with Crippen LogP contribution in [0.25, 0.3) is 0 Å². The average molecular weight is 257 g/mol. The number of Topliss-reactive ketones (excluding diaryl/α,β-unsaturated/α-hetero) is 1. The quantitative estimate of drug-likeness (QED) is 0.846. The first-order valence-corrected chi connectivity index (χ1v) is 6.07. The van der Waals surface area contributed by atoms with Crippen LogP contribution in [-0.2, 0) is 7.05 Å². The Balaban J connectivity index is 2.01. The lowest BCUT2D eigenvalue weighted by atomic mass is 9.83. The maximum absolute atomic E-state index is 13.2. The summed E-state index contributed by atoms with van der Waals surface area (Å²) in [6.45, 7) is 0. The molecule has 1 aromatic heterocycles. The number of hydrogen-bond donors (Lipinski definition) is 1. The van der Waals surface area contributed by atoms with Crippen molar-refractivity contribution in [2.45, 2.75) is 38.0 Å². The molecule has 4 nitrogen and oxygen atoms in total. The first-order chi connectivity index (χ1) is 8.39. The van der Waals surface area contributed by atoms with Gasteiger partial charge in [-0.1, -0.05) is 0 Å². The Hall–Kier alpha value is -1.46. The van der Waals surface area contributed by atoms with Gasteiger partial charge in [0, 0.05) is 26.3 Å². The average Bonchev–Trinajstić information content (AvgIpc) is 2.58. The van der Waals surface area contributed by atoms with E-state index in [-0.39, 0.29) is 31.0 Å². The first-order valence-electron chi connectivity index (χ1n) is 6.07. The van der Waals surface area contributed by atoms with Gasteiger partial charge < -0.3 is 5.73 Å². The summed E-state index contributed by atoms with van der Waals surface area (Å²) in [6.07, 6.45) is 2.44. The van der Waals surface area contributed by atoms with Crippen LogP contribution in [0.5, 0.6) is 0 Å². The number of aromatic nitrogens is 2. The van der Waals surface area contributed by atoms with Crippen LogP contribution in [-0.4, -0.2) is 21.5 Å². The summed E-state index contributed by atoms with van der Waals surface area (Å²) in [5.74, 6) is -2.77. The number of alkyl halides is 2. The Bertz CT molecular complexity index is 456. The predicted octanol–water partition coefficient (Wildman–Crippen LogP) is 2.40. The molecule has 6 heteroatoms. The minimum atomic E-state index is -2.62. The van der Waals surface area contributed by atoms with E-state index in [1.807, 2.05) is 0 Å². The summed E-state index contributed by atoms with van der Waals surface area (Å²) in [7, 11) is 1.64. The third-order valence-corrected chi connectivity index (χ3v) is 3.50. The molecule has 18 heavy (non-hydrogen) atoms. The second-order valence-electron chi connectivity index (χ2n) is 5.01. The number of halogens is 2. The molecular formula is C12H17F2N3O. The zero-order valence-electron chi connectivity index (χ0n) is 10.3. The number of nitrogen functional groups attached to an aromatic ring is 1. The van der Waals surface area contributed by atoms with Gasteiger partial charge in [-0.15, -0.1) is 0 Å². The third-order valence-electron chi connectivity index (χ3n) is 3.50. The highest BCUT2D eigenvalue weighted by Crippen LogP contribution is 2.38. The third kappa shape index (κ3) is 2.68. The van der Waals surface area contributed by atoms with Crippen molar-refractivity contribution in [1.29, 1.82) is 0 Å². The number of carbonyl (C=O) groups excluding carboxylic acids is 1. The van der Waals surface area contributed by atoms with Crippen LogP contribution in [0.15, 0.2) is 6.20 Å². The molecule has 1 unspecified atom stereocenters. The number of anilines is 1. The molecule has 1 saturated carbocycles. The summed E-state index contributed by atoms with van der Waals surface area (Å²) in [5.41, 5.74) is 6.03. The SMILES string of the molecule is Cn1ncc(C(=O)CC2CCCC(F)(F)C2)c1N. The molecule has 1 fully saturated rings. The van der Waals surface area contributed by atoms with E-state index in [1.165, 1.54) is 10.9 Å². The Morgan fingerprint density at radius 2 is 2.39 bits per heavy atom. The topological polar surface area (TPSA) is 60.9 Å². The Kier molecular flexibility index (Phi) is 3.36. The maximum atomic E-state index is 13.2. The lowest BCUT2D eigenvalue weighted by Crippen LogP contribution is -2.27. The van der Waals surface area contributed by atoms with Crippen LogP contribution in [0.2, 0.25) is 0 Å². The van der Waals surface area contributed by atoms with Gasteiger partial charge in [0.05, 0.1) is 11.8 Å². The lowest BCUT2D eigenvalue weighted by molar-refractivity contribution is -0.0521. The molecule has 0 aromatic carbocycles. The maximum Gasteiger partial charge on any atom is 0.248 e. The van der Waals surface area contributed by atoms with Gasteiger partial charge in [-0.25, -0.2) is 8.78 Å². The van der Waals surface area contributed by atoms with Crippen LogP contribution in [0, 0.1) is 5.92 Å². The van der Waals surface area contributed by atoms with Crippen LogP contribution in [0.4, 0.5) is 14.6 Å². The van der Waals surface area contributed by atoms with Crippen molar-refractivity contribution in [3.63, 3.8) is 0 Å². The van der Waals surface area contributed by atoms with Crippen molar-refractivity contribution in [1.82, 2.24) is 9.78 Å². The van der Waals surface area contributed by atoms with E-state index < -0.39 is 5.92 Å². The van der Waals surface area contributed by atoms with Crippen molar-refractivity contribution >= 4 is 11.6 Å².